The minimum Gasteiger partial charge on any atom is -0.0622 e. The maximum atomic E-state index is 2.29. The SMILES string of the molecule is Cc1ccc(C2(c3ccccc3)c3ccccc3-c3ccccc32)cc1. The average Bonchev–Trinajstić information content (AvgIpc) is 3.01. The van der Waals surface area contributed by atoms with Gasteiger partial charge in [0, 0.05) is 0 Å². The molecule has 4 aromatic carbocycles. The van der Waals surface area contributed by atoms with E-state index in [-0.39, 0.29) is 5.41 Å². The van der Waals surface area contributed by atoms with Gasteiger partial charge in [-0.2, -0.15) is 0 Å². The summed E-state index contributed by atoms with van der Waals surface area (Å²) in [6.45, 7) is 2.15. The van der Waals surface area contributed by atoms with Crippen molar-refractivity contribution in [2.24, 2.45) is 0 Å². The van der Waals surface area contributed by atoms with Gasteiger partial charge < -0.3 is 0 Å². The lowest BCUT2D eigenvalue weighted by atomic mass is 9.67. The Morgan fingerprint density at radius 3 is 1.50 bits per heavy atom. The van der Waals surface area contributed by atoms with E-state index in [0.29, 0.717) is 0 Å². The van der Waals surface area contributed by atoms with Crippen LogP contribution in [0.2, 0.25) is 0 Å². The standard InChI is InChI=1S/C26H20/c1-19-15-17-21(18-16-19)26(20-9-3-2-4-10-20)24-13-7-5-11-22(24)23-12-6-8-14-25(23)26/h2-18H,1H3. The van der Waals surface area contributed by atoms with Crippen molar-refractivity contribution in [3.63, 3.8) is 0 Å². The Balaban J connectivity index is 1.96. The molecule has 1 aliphatic carbocycles. The molecule has 0 radical (unpaired) electrons. The Kier molecular flexibility index (Phi) is 3.33. The van der Waals surface area contributed by atoms with E-state index < -0.39 is 0 Å². The van der Waals surface area contributed by atoms with Crippen molar-refractivity contribution in [3.05, 3.63) is 131 Å². The maximum Gasteiger partial charge on any atom is 0.0713 e. The molecule has 0 nitrogen and oxygen atoms in total. The molecule has 124 valence electrons. The van der Waals surface area contributed by atoms with Crippen LogP contribution in [-0.4, -0.2) is 0 Å². The normalized spacial score (nSPS) is 13.9. The second-order valence-corrected chi connectivity index (χ2v) is 7.07. The van der Waals surface area contributed by atoms with Crippen LogP contribution in [0, 0.1) is 6.92 Å². The Morgan fingerprint density at radius 2 is 0.923 bits per heavy atom. The van der Waals surface area contributed by atoms with Gasteiger partial charge in [0.05, 0.1) is 5.41 Å². The largest absolute Gasteiger partial charge is 0.0713 e. The molecular formula is C26H20. The Bertz CT molecular complexity index is 1030. The van der Waals surface area contributed by atoms with E-state index in [1.165, 1.54) is 38.9 Å². The van der Waals surface area contributed by atoms with Crippen LogP contribution in [0.25, 0.3) is 11.1 Å². The van der Waals surface area contributed by atoms with Gasteiger partial charge in [-0.3, -0.25) is 0 Å². The van der Waals surface area contributed by atoms with Gasteiger partial charge in [0.15, 0.2) is 0 Å². The van der Waals surface area contributed by atoms with Gasteiger partial charge in [-0.25, -0.2) is 0 Å². The summed E-state index contributed by atoms with van der Waals surface area (Å²) in [5.74, 6) is 0. The van der Waals surface area contributed by atoms with Gasteiger partial charge in [-0.15, -0.1) is 0 Å². The number of hydrogen-bond acceptors (Lipinski definition) is 0. The molecule has 26 heavy (non-hydrogen) atoms. The third-order valence-electron chi connectivity index (χ3n) is 5.64. The van der Waals surface area contributed by atoms with E-state index in [1.54, 1.807) is 0 Å². The average molecular weight is 332 g/mol. The summed E-state index contributed by atoms with van der Waals surface area (Å²) in [5.41, 5.74) is 9.10. The van der Waals surface area contributed by atoms with Gasteiger partial charge >= 0.3 is 0 Å². The molecule has 4 aromatic rings. The molecular weight excluding hydrogens is 312 g/mol. The molecule has 0 heterocycles. The fourth-order valence-corrected chi connectivity index (χ4v) is 4.52. The smallest absolute Gasteiger partial charge is 0.0622 e. The Hall–Kier alpha value is -3.12. The first-order chi connectivity index (χ1) is 12.8. The summed E-state index contributed by atoms with van der Waals surface area (Å²) in [6.07, 6.45) is 0. The molecule has 5 rings (SSSR count). The zero-order valence-electron chi connectivity index (χ0n) is 14.8. The van der Waals surface area contributed by atoms with Crippen LogP contribution >= 0.6 is 0 Å². The van der Waals surface area contributed by atoms with Crippen LogP contribution < -0.4 is 0 Å². The highest BCUT2D eigenvalue weighted by Crippen LogP contribution is 2.55. The second-order valence-electron chi connectivity index (χ2n) is 7.07. The summed E-state index contributed by atoms with van der Waals surface area (Å²) in [6, 6.07) is 37.7. The molecule has 0 unspecified atom stereocenters. The van der Waals surface area contributed by atoms with Crippen LogP contribution in [0.5, 0.6) is 0 Å². The summed E-state index contributed by atoms with van der Waals surface area (Å²) < 4.78 is 0. The number of benzene rings is 4. The molecule has 0 amide bonds. The van der Waals surface area contributed by atoms with Gasteiger partial charge in [0.2, 0.25) is 0 Å². The van der Waals surface area contributed by atoms with Crippen molar-refractivity contribution < 1.29 is 0 Å². The Labute approximate surface area is 154 Å². The molecule has 0 spiro atoms. The van der Waals surface area contributed by atoms with Crippen molar-refractivity contribution in [1.82, 2.24) is 0 Å². The Morgan fingerprint density at radius 1 is 0.462 bits per heavy atom. The molecule has 0 N–H and O–H groups in total. The molecule has 0 saturated heterocycles. The van der Waals surface area contributed by atoms with Gasteiger partial charge in [0.1, 0.15) is 0 Å². The maximum absolute atomic E-state index is 2.29. The molecule has 0 saturated carbocycles. The monoisotopic (exact) mass is 332 g/mol. The van der Waals surface area contributed by atoms with E-state index >= 15 is 0 Å². The first-order valence-corrected chi connectivity index (χ1v) is 9.14. The summed E-state index contributed by atoms with van der Waals surface area (Å²) in [4.78, 5) is 0. The molecule has 0 bridgehead atoms. The van der Waals surface area contributed by atoms with Gasteiger partial charge in [0.25, 0.3) is 0 Å². The van der Waals surface area contributed by atoms with Crippen molar-refractivity contribution in [2.45, 2.75) is 12.3 Å². The third-order valence-corrected chi connectivity index (χ3v) is 5.64. The highest BCUT2D eigenvalue weighted by Gasteiger charge is 2.45. The minimum absolute atomic E-state index is 0.262. The highest BCUT2D eigenvalue weighted by atomic mass is 14.5. The minimum atomic E-state index is -0.262. The van der Waals surface area contributed by atoms with Crippen LogP contribution in [-0.2, 0) is 5.41 Å². The van der Waals surface area contributed by atoms with E-state index in [4.69, 9.17) is 0 Å². The van der Waals surface area contributed by atoms with Crippen LogP contribution in [0.4, 0.5) is 0 Å². The number of rotatable bonds is 2. The van der Waals surface area contributed by atoms with E-state index in [9.17, 15) is 0 Å². The van der Waals surface area contributed by atoms with Crippen molar-refractivity contribution >= 4 is 0 Å². The molecule has 0 fully saturated rings. The van der Waals surface area contributed by atoms with Crippen molar-refractivity contribution in [3.8, 4) is 11.1 Å². The summed E-state index contributed by atoms with van der Waals surface area (Å²) in [5, 5.41) is 0. The lowest BCUT2D eigenvalue weighted by molar-refractivity contribution is 0.768. The lowest BCUT2D eigenvalue weighted by Crippen LogP contribution is -2.28. The predicted molar refractivity (Wildman–Crippen MR) is 108 cm³/mol. The van der Waals surface area contributed by atoms with Crippen LogP contribution in [0.1, 0.15) is 27.8 Å². The van der Waals surface area contributed by atoms with E-state index in [1.807, 2.05) is 0 Å². The first kappa shape index (κ1) is 15.2. The highest BCUT2D eigenvalue weighted by molar-refractivity contribution is 5.86. The fourth-order valence-electron chi connectivity index (χ4n) is 4.52. The number of fused-ring (bicyclic) bond motifs is 3. The number of hydrogen-bond donors (Lipinski definition) is 0. The predicted octanol–water partition coefficient (Wildman–Crippen LogP) is 6.36. The topological polar surface area (TPSA) is 0 Å². The van der Waals surface area contributed by atoms with Crippen LogP contribution in [0.15, 0.2) is 103 Å². The zero-order chi connectivity index (χ0) is 17.6. The van der Waals surface area contributed by atoms with Crippen molar-refractivity contribution in [2.75, 3.05) is 0 Å². The fraction of sp³-hybridized carbons (Fsp3) is 0.0769. The first-order valence-electron chi connectivity index (χ1n) is 9.14. The molecule has 0 aliphatic heterocycles. The second kappa shape index (κ2) is 5.71. The van der Waals surface area contributed by atoms with Crippen LogP contribution in [0.3, 0.4) is 0 Å². The molecule has 0 aromatic heterocycles. The molecule has 0 heteroatoms. The summed E-state index contributed by atoms with van der Waals surface area (Å²) in [7, 11) is 0. The number of aryl methyl sites for hydroxylation is 1. The van der Waals surface area contributed by atoms with Crippen molar-refractivity contribution in [1.29, 1.82) is 0 Å². The lowest BCUT2D eigenvalue weighted by Gasteiger charge is -2.33. The van der Waals surface area contributed by atoms with E-state index in [2.05, 4.69) is 110 Å². The molecule has 0 atom stereocenters. The zero-order valence-corrected chi connectivity index (χ0v) is 14.8. The van der Waals surface area contributed by atoms with Gasteiger partial charge in [-0.1, -0.05) is 109 Å². The summed E-state index contributed by atoms with van der Waals surface area (Å²) >= 11 is 0. The third kappa shape index (κ3) is 1.96. The molecule has 1 aliphatic rings. The quantitative estimate of drug-likeness (QED) is 0.353. The van der Waals surface area contributed by atoms with Gasteiger partial charge in [-0.05, 0) is 40.3 Å². The van der Waals surface area contributed by atoms with E-state index in [0.717, 1.165) is 0 Å².